The first-order chi connectivity index (χ1) is 9.16. The number of pyridine rings is 3. The van der Waals surface area contributed by atoms with Gasteiger partial charge in [-0.2, -0.15) is 0 Å². The maximum absolute atomic E-state index is 10.0. The summed E-state index contributed by atoms with van der Waals surface area (Å²) in [5.41, 5.74) is 2.45. The van der Waals surface area contributed by atoms with E-state index in [9.17, 15) is 5.11 Å². The highest BCUT2D eigenvalue weighted by Crippen LogP contribution is 2.32. The van der Waals surface area contributed by atoms with Crippen molar-refractivity contribution in [3.63, 3.8) is 0 Å². The summed E-state index contributed by atoms with van der Waals surface area (Å²) in [4.78, 5) is 12.3. The second kappa shape index (κ2) is 4.48. The van der Waals surface area contributed by atoms with Gasteiger partial charge in [0.25, 0.3) is 0 Å². The van der Waals surface area contributed by atoms with E-state index in [0.29, 0.717) is 16.2 Å². The van der Waals surface area contributed by atoms with Crippen LogP contribution in [0.5, 0.6) is 5.88 Å². The van der Waals surface area contributed by atoms with Crippen molar-refractivity contribution >= 4 is 22.4 Å². The predicted octanol–water partition coefficient (Wildman–Crippen LogP) is 3.36. The van der Waals surface area contributed by atoms with Gasteiger partial charge >= 0.3 is 0 Å². The minimum Gasteiger partial charge on any atom is -0.493 e. The highest BCUT2D eigenvalue weighted by atomic mass is 35.5. The normalized spacial score (nSPS) is 10.8. The quantitative estimate of drug-likeness (QED) is 0.690. The number of halogens is 1. The van der Waals surface area contributed by atoms with E-state index in [1.54, 1.807) is 30.7 Å². The zero-order valence-corrected chi connectivity index (χ0v) is 10.9. The molecule has 0 atom stereocenters. The first-order valence-corrected chi connectivity index (χ1v) is 6.10. The molecule has 0 amide bonds. The Bertz CT molecular complexity index is 774. The Labute approximate surface area is 114 Å². The van der Waals surface area contributed by atoms with E-state index in [4.69, 9.17) is 11.6 Å². The average Bonchev–Trinajstić information content (AvgIpc) is 2.43. The van der Waals surface area contributed by atoms with E-state index in [1.165, 1.54) is 0 Å². The van der Waals surface area contributed by atoms with Gasteiger partial charge in [-0.15, -0.1) is 0 Å². The lowest BCUT2D eigenvalue weighted by atomic mass is 10.0. The topological polar surface area (TPSA) is 58.9 Å². The largest absolute Gasteiger partial charge is 0.493 e. The first-order valence-electron chi connectivity index (χ1n) is 5.72. The summed E-state index contributed by atoms with van der Waals surface area (Å²) in [6, 6.07) is 5.27. The molecule has 0 saturated carbocycles. The van der Waals surface area contributed by atoms with Crippen molar-refractivity contribution in [1.29, 1.82) is 0 Å². The van der Waals surface area contributed by atoms with Gasteiger partial charge in [-0.05, 0) is 30.7 Å². The highest BCUT2D eigenvalue weighted by Gasteiger charge is 2.12. The van der Waals surface area contributed by atoms with Crippen LogP contribution in [-0.2, 0) is 0 Å². The van der Waals surface area contributed by atoms with E-state index in [1.807, 2.05) is 13.0 Å². The van der Waals surface area contributed by atoms with Crippen molar-refractivity contribution in [2.75, 3.05) is 0 Å². The molecule has 0 aliphatic carbocycles. The zero-order chi connectivity index (χ0) is 13.4. The fourth-order valence-corrected chi connectivity index (χ4v) is 2.27. The molecule has 0 bridgehead atoms. The Kier molecular flexibility index (Phi) is 2.80. The number of aryl methyl sites for hydroxylation is 1. The van der Waals surface area contributed by atoms with Gasteiger partial charge in [-0.3, -0.25) is 4.98 Å². The van der Waals surface area contributed by atoms with Crippen molar-refractivity contribution in [3.8, 4) is 17.1 Å². The van der Waals surface area contributed by atoms with Crippen molar-refractivity contribution < 1.29 is 5.11 Å². The van der Waals surface area contributed by atoms with Gasteiger partial charge in [0.05, 0.1) is 5.69 Å². The van der Waals surface area contributed by atoms with Gasteiger partial charge < -0.3 is 5.11 Å². The van der Waals surface area contributed by atoms with Gasteiger partial charge in [-0.25, -0.2) is 9.97 Å². The fraction of sp³-hybridized carbons (Fsp3) is 0.0714. The molecular weight excluding hydrogens is 262 g/mol. The molecule has 3 aromatic heterocycles. The molecule has 0 aliphatic rings. The SMILES string of the molecule is Cc1c(-c2ccnc(Cl)c2)nc(O)c2ccncc12. The molecular formula is C14H10ClN3O. The van der Waals surface area contributed by atoms with Crippen LogP contribution < -0.4 is 0 Å². The molecule has 0 fully saturated rings. The second-order valence-electron chi connectivity index (χ2n) is 4.20. The maximum Gasteiger partial charge on any atom is 0.219 e. The average molecular weight is 272 g/mol. The van der Waals surface area contributed by atoms with Gasteiger partial charge in [0.2, 0.25) is 5.88 Å². The molecule has 0 unspecified atom stereocenters. The molecule has 0 radical (unpaired) electrons. The van der Waals surface area contributed by atoms with E-state index in [-0.39, 0.29) is 5.88 Å². The van der Waals surface area contributed by atoms with Crippen LogP contribution in [0.1, 0.15) is 5.56 Å². The Morgan fingerprint density at radius 1 is 1.16 bits per heavy atom. The summed E-state index contributed by atoms with van der Waals surface area (Å²) >= 11 is 5.89. The summed E-state index contributed by atoms with van der Waals surface area (Å²) in [5.74, 6) is -0.00839. The zero-order valence-electron chi connectivity index (χ0n) is 10.1. The molecule has 19 heavy (non-hydrogen) atoms. The monoisotopic (exact) mass is 271 g/mol. The summed E-state index contributed by atoms with van der Waals surface area (Å²) in [6.45, 7) is 1.94. The summed E-state index contributed by atoms with van der Waals surface area (Å²) in [6.07, 6.45) is 4.97. The standard InChI is InChI=1S/C14H10ClN3O/c1-8-11-7-16-4-3-10(11)14(19)18-13(8)9-2-5-17-12(15)6-9/h2-7H,1H3,(H,18,19). The third-order valence-corrected chi connectivity index (χ3v) is 3.25. The lowest BCUT2D eigenvalue weighted by Gasteiger charge is -2.10. The van der Waals surface area contributed by atoms with Crippen LogP contribution >= 0.6 is 11.6 Å². The smallest absolute Gasteiger partial charge is 0.219 e. The minimum atomic E-state index is -0.00839. The molecule has 0 aliphatic heterocycles. The fourth-order valence-electron chi connectivity index (χ4n) is 2.10. The minimum absolute atomic E-state index is 0.00839. The van der Waals surface area contributed by atoms with Crippen LogP contribution in [0.2, 0.25) is 5.15 Å². The number of rotatable bonds is 1. The Hall–Kier alpha value is -2.20. The summed E-state index contributed by atoms with van der Waals surface area (Å²) < 4.78 is 0. The number of aromatic hydroxyl groups is 1. The molecule has 94 valence electrons. The molecule has 3 rings (SSSR count). The summed E-state index contributed by atoms with van der Waals surface area (Å²) in [5, 5.41) is 12.0. The van der Waals surface area contributed by atoms with E-state index in [2.05, 4.69) is 15.0 Å². The molecule has 3 heterocycles. The van der Waals surface area contributed by atoms with Gasteiger partial charge in [0.1, 0.15) is 5.15 Å². The van der Waals surface area contributed by atoms with Crippen LogP contribution in [0.4, 0.5) is 0 Å². The number of aromatic nitrogens is 3. The van der Waals surface area contributed by atoms with Crippen molar-refractivity contribution in [3.05, 3.63) is 47.5 Å². The van der Waals surface area contributed by atoms with Crippen LogP contribution in [0.3, 0.4) is 0 Å². The highest BCUT2D eigenvalue weighted by molar-refractivity contribution is 6.29. The van der Waals surface area contributed by atoms with Crippen LogP contribution in [-0.4, -0.2) is 20.1 Å². The van der Waals surface area contributed by atoms with E-state index < -0.39 is 0 Å². The van der Waals surface area contributed by atoms with Crippen molar-refractivity contribution in [1.82, 2.24) is 15.0 Å². The number of hydrogen-bond donors (Lipinski definition) is 1. The molecule has 4 nitrogen and oxygen atoms in total. The van der Waals surface area contributed by atoms with E-state index >= 15 is 0 Å². The number of hydrogen-bond acceptors (Lipinski definition) is 4. The Morgan fingerprint density at radius 2 is 2.00 bits per heavy atom. The molecule has 5 heteroatoms. The van der Waals surface area contributed by atoms with Crippen molar-refractivity contribution in [2.45, 2.75) is 6.92 Å². The van der Waals surface area contributed by atoms with Gasteiger partial charge in [-0.1, -0.05) is 11.6 Å². The third kappa shape index (κ3) is 2.00. The lowest BCUT2D eigenvalue weighted by molar-refractivity contribution is 0.461. The van der Waals surface area contributed by atoms with Crippen LogP contribution in [0.25, 0.3) is 22.0 Å². The molecule has 3 aromatic rings. The third-order valence-electron chi connectivity index (χ3n) is 3.04. The van der Waals surface area contributed by atoms with Crippen molar-refractivity contribution in [2.24, 2.45) is 0 Å². The molecule has 0 aromatic carbocycles. The number of fused-ring (bicyclic) bond motifs is 1. The van der Waals surface area contributed by atoms with E-state index in [0.717, 1.165) is 16.5 Å². The second-order valence-corrected chi connectivity index (χ2v) is 4.58. The maximum atomic E-state index is 10.0. The predicted molar refractivity (Wildman–Crippen MR) is 74.2 cm³/mol. The summed E-state index contributed by atoms with van der Waals surface area (Å²) in [7, 11) is 0. The lowest BCUT2D eigenvalue weighted by Crippen LogP contribution is -1.92. The van der Waals surface area contributed by atoms with Gasteiger partial charge in [0.15, 0.2) is 0 Å². The molecule has 0 spiro atoms. The first kappa shape index (κ1) is 11.9. The molecule has 1 N–H and O–H groups in total. The van der Waals surface area contributed by atoms with Gasteiger partial charge in [0, 0.05) is 34.9 Å². The van der Waals surface area contributed by atoms with Crippen LogP contribution in [0.15, 0.2) is 36.8 Å². The Morgan fingerprint density at radius 3 is 2.79 bits per heavy atom. The number of nitrogens with zero attached hydrogens (tertiary/aromatic N) is 3. The van der Waals surface area contributed by atoms with Crippen LogP contribution in [0, 0.1) is 6.92 Å². The molecule has 0 saturated heterocycles. The Balaban J connectivity index is 2.34.